The van der Waals surface area contributed by atoms with Gasteiger partial charge in [0.05, 0.1) is 17.6 Å². The summed E-state index contributed by atoms with van der Waals surface area (Å²) in [5, 5.41) is 10.5. The van der Waals surface area contributed by atoms with Crippen molar-refractivity contribution in [3.05, 3.63) is 18.0 Å². The molecule has 0 radical (unpaired) electrons. The number of nitrogens with one attached hydrogen (secondary N) is 1. The molecule has 1 aromatic rings. The van der Waals surface area contributed by atoms with E-state index in [1.807, 2.05) is 0 Å². The summed E-state index contributed by atoms with van der Waals surface area (Å²) in [6, 6.07) is 0. The summed E-state index contributed by atoms with van der Waals surface area (Å²) in [5.41, 5.74) is 4.35. The number of nitrogens with two attached hydrogens (primary N) is 1. The number of hydrogen-bond donors (Lipinski definition) is 2. The minimum Gasteiger partial charge on any atom is -0.388 e. The quantitative estimate of drug-likeness (QED) is 0.598. The van der Waals surface area contributed by atoms with Crippen LogP contribution in [-0.2, 0) is 12.7 Å². The second-order valence-electron chi connectivity index (χ2n) is 3.12. The lowest BCUT2D eigenvalue weighted by atomic mass is 10.3. The molecule has 0 unspecified atom stereocenters. The van der Waals surface area contributed by atoms with Gasteiger partial charge in [-0.3, -0.25) is 10.1 Å². The van der Waals surface area contributed by atoms with Gasteiger partial charge in [-0.05, 0) is 6.42 Å². The van der Waals surface area contributed by atoms with E-state index in [0.717, 1.165) is 12.4 Å². The van der Waals surface area contributed by atoms with Crippen molar-refractivity contribution in [2.75, 3.05) is 0 Å². The SMILES string of the molecule is N=C(N)CCCn1cc(C(F)(F)F)cn1. The van der Waals surface area contributed by atoms with Crippen LogP contribution in [0.15, 0.2) is 12.4 Å². The number of halogens is 3. The first-order valence-electron chi connectivity index (χ1n) is 4.32. The Hall–Kier alpha value is -1.53. The molecule has 0 saturated heterocycles. The number of aryl methyl sites for hydroxylation is 1. The zero-order chi connectivity index (χ0) is 11.5. The summed E-state index contributed by atoms with van der Waals surface area (Å²) in [6.07, 6.45) is -1.75. The molecule has 15 heavy (non-hydrogen) atoms. The van der Waals surface area contributed by atoms with Gasteiger partial charge in [0.25, 0.3) is 0 Å². The first-order valence-corrected chi connectivity index (χ1v) is 4.32. The third-order valence-corrected chi connectivity index (χ3v) is 1.79. The molecule has 0 aliphatic carbocycles. The molecule has 1 aromatic heterocycles. The van der Waals surface area contributed by atoms with Crippen molar-refractivity contribution in [2.24, 2.45) is 5.73 Å². The summed E-state index contributed by atoms with van der Waals surface area (Å²) in [7, 11) is 0. The highest BCUT2D eigenvalue weighted by atomic mass is 19.4. The Labute approximate surface area is 84.4 Å². The zero-order valence-electron chi connectivity index (χ0n) is 7.88. The maximum absolute atomic E-state index is 12.1. The van der Waals surface area contributed by atoms with E-state index in [2.05, 4.69) is 5.10 Å². The van der Waals surface area contributed by atoms with E-state index in [1.165, 1.54) is 4.68 Å². The minimum atomic E-state index is -4.35. The molecule has 7 heteroatoms. The molecule has 0 atom stereocenters. The van der Waals surface area contributed by atoms with Gasteiger partial charge in [0.2, 0.25) is 0 Å². The average Bonchev–Trinajstić information content (AvgIpc) is 2.51. The van der Waals surface area contributed by atoms with Crippen molar-refractivity contribution in [1.29, 1.82) is 5.41 Å². The highest BCUT2D eigenvalue weighted by Crippen LogP contribution is 2.28. The first kappa shape index (κ1) is 11.5. The predicted molar refractivity (Wildman–Crippen MR) is 48.4 cm³/mol. The third kappa shape index (κ3) is 3.61. The van der Waals surface area contributed by atoms with Crippen molar-refractivity contribution in [2.45, 2.75) is 25.6 Å². The Bertz CT molecular complexity index is 342. The normalized spacial score (nSPS) is 11.7. The van der Waals surface area contributed by atoms with Crippen LogP contribution in [0.2, 0.25) is 0 Å². The van der Waals surface area contributed by atoms with Gasteiger partial charge in [-0.15, -0.1) is 0 Å². The Balaban J connectivity index is 2.50. The highest BCUT2D eigenvalue weighted by molar-refractivity contribution is 5.76. The highest BCUT2D eigenvalue weighted by Gasteiger charge is 2.31. The fourth-order valence-corrected chi connectivity index (χ4v) is 1.06. The molecule has 0 saturated carbocycles. The standard InChI is InChI=1S/C8H11F3N4/c9-8(10,11)6-4-14-15(5-6)3-1-2-7(12)13/h4-5H,1-3H2,(H3,12,13). The van der Waals surface area contributed by atoms with Crippen LogP contribution in [0, 0.1) is 5.41 Å². The van der Waals surface area contributed by atoms with Crippen molar-refractivity contribution in [1.82, 2.24) is 9.78 Å². The van der Waals surface area contributed by atoms with E-state index >= 15 is 0 Å². The van der Waals surface area contributed by atoms with E-state index < -0.39 is 11.7 Å². The molecule has 0 amide bonds. The molecule has 1 rings (SSSR count). The van der Waals surface area contributed by atoms with Crippen LogP contribution in [-0.4, -0.2) is 15.6 Å². The van der Waals surface area contributed by atoms with Crippen LogP contribution in [0.3, 0.4) is 0 Å². The van der Waals surface area contributed by atoms with Gasteiger partial charge in [-0.2, -0.15) is 18.3 Å². The lowest BCUT2D eigenvalue weighted by Crippen LogP contribution is -2.10. The topological polar surface area (TPSA) is 67.7 Å². The fourth-order valence-electron chi connectivity index (χ4n) is 1.06. The number of alkyl halides is 3. The molecule has 0 bridgehead atoms. The molecule has 4 nitrogen and oxygen atoms in total. The molecular formula is C8H11F3N4. The lowest BCUT2D eigenvalue weighted by Gasteiger charge is -2.02. The molecule has 0 aliphatic heterocycles. The average molecular weight is 220 g/mol. The van der Waals surface area contributed by atoms with Gasteiger partial charge in [0, 0.05) is 19.2 Å². The summed E-state index contributed by atoms with van der Waals surface area (Å²) in [6.45, 7) is 0.329. The van der Waals surface area contributed by atoms with Crippen LogP contribution < -0.4 is 5.73 Å². The number of amidine groups is 1. The van der Waals surface area contributed by atoms with Crippen LogP contribution >= 0.6 is 0 Å². The number of hydrogen-bond acceptors (Lipinski definition) is 2. The Morgan fingerprint density at radius 1 is 1.53 bits per heavy atom. The van der Waals surface area contributed by atoms with Crippen LogP contribution in [0.1, 0.15) is 18.4 Å². The number of nitrogens with zero attached hydrogens (tertiary/aromatic N) is 2. The second-order valence-corrected chi connectivity index (χ2v) is 3.12. The maximum atomic E-state index is 12.1. The Kier molecular flexibility index (Phi) is 3.33. The number of rotatable bonds is 4. The van der Waals surface area contributed by atoms with Crippen LogP contribution in [0.5, 0.6) is 0 Å². The van der Waals surface area contributed by atoms with E-state index in [9.17, 15) is 13.2 Å². The molecule has 0 aromatic carbocycles. The van der Waals surface area contributed by atoms with Crippen LogP contribution in [0.4, 0.5) is 13.2 Å². The van der Waals surface area contributed by atoms with E-state index in [-0.39, 0.29) is 5.84 Å². The smallest absolute Gasteiger partial charge is 0.388 e. The Morgan fingerprint density at radius 3 is 2.67 bits per heavy atom. The van der Waals surface area contributed by atoms with Crippen molar-refractivity contribution in [3.8, 4) is 0 Å². The molecule has 0 spiro atoms. The first-order chi connectivity index (χ1) is 6.89. The van der Waals surface area contributed by atoms with Crippen molar-refractivity contribution < 1.29 is 13.2 Å². The summed E-state index contributed by atoms with van der Waals surface area (Å²) >= 11 is 0. The molecule has 0 fully saturated rings. The summed E-state index contributed by atoms with van der Waals surface area (Å²) < 4.78 is 37.6. The van der Waals surface area contributed by atoms with E-state index in [0.29, 0.717) is 19.4 Å². The minimum absolute atomic E-state index is 0.0261. The van der Waals surface area contributed by atoms with Crippen LogP contribution in [0.25, 0.3) is 0 Å². The number of aromatic nitrogens is 2. The van der Waals surface area contributed by atoms with Gasteiger partial charge in [-0.25, -0.2) is 0 Å². The zero-order valence-corrected chi connectivity index (χ0v) is 7.88. The second kappa shape index (κ2) is 4.33. The predicted octanol–water partition coefficient (Wildman–Crippen LogP) is 1.62. The van der Waals surface area contributed by atoms with Gasteiger partial charge in [-0.1, -0.05) is 0 Å². The Morgan fingerprint density at radius 2 is 2.20 bits per heavy atom. The molecule has 3 N–H and O–H groups in total. The molecular weight excluding hydrogens is 209 g/mol. The van der Waals surface area contributed by atoms with E-state index in [4.69, 9.17) is 11.1 Å². The fraction of sp³-hybridized carbons (Fsp3) is 0.500. The summed E-state index contributed by atoms with van der Waals surface area (Å²) in [5.74, 6) is 0.0261. The third-order valence-electron chi connectivity index (χ3n) is 1.79. The molecule has 0 aliphatic rings. The van der Waals surface area contributed by atoms with Gasteiger partial charge >= 0.3 is 6.18 Å². The lowest BCUT2D eigenvalue weighted by molar-refractivity contribution is -0.137. The van der Waals surface area contributed by atoms with Crippen molar-refractivity contribution in [3.63, 3.8) is 0 Å². The van der Waals surface area contributed by atoms with Crippen molar-refractivity contribution >= 4 is 5.84 Å². The van der Waals surface area contributed by atoms with Gasteiger partial charge in [0.1, 0.15) is 0 Å². The van der Waals surface area contributed by atoms with Gasteiger partial charge < -0.3 is 5.73 Å². The van der Waals surface area contributed by atoms with E-state index in [1.54, 1.807) is 0 Å². The monoisotopic (exact) mass is 220 g/mol. The summed E-state index contributed by atoms with van der Waals surface area (Å²) in [4.78, 5) is 0. The molecule has 84 valence electrons. The maximum Gasteiger partial charge on any atom is 0.419 e. The molecule has 1 heterocycles. The van der Waals surface area contributed by atoms with Gasteiger partial charge in [0.15, 0.2) is 0 Å². The largest absolute Gasteiger partial charge is 0.419 e.